The highest BCUT2D eigenvalue weighted by atomic mass is 19.4. The first kappa shape index (κ1) is 28.2. The number of alkyl halides is 3. The van der Waals surface area contributed by atoms with Gasteiger partial charge in [0.2, 0.25) is 11.8 Å². The smallest absolute Gasteiger partial charge is 0.401 e. The van der Waals surface area contributed by atoms with E-state index in [-0.39, 0.29) is 36.4 Å². The van der Waals surface area contributed by atoms with Crippen LogP contribution in [0.5, 0.6) is 5.88 Å². The zero-order chi connectivity index (χ0) is 29.4. The molecule has 3 heterocycles. The van der Waals surface area contributed by atoms with E-state index in [2.05, 4.69) is 25.5 Å². The number of amides is 1. The number of hydrogen-bond acceptors (Lipinski definition) is 8. The Morgan fingerprint density at radius 2 is 1.93 bits per heavy atom. The lowest BCUT2D eigenvalue weighted by molar-refractivity contribution is -0.165. The molecular formula is C27H26F4N6O4. The molecule has 1 fully saturated rings. The summed E-state index contributed by atoms with van der Waals surface area (Å²) in [6.07, 6.45) is -0.438. The molecule has 0 spiro atoms. The largest absolute Gasteiger partial charge is 0.480 e. The highest BCUT2D eigenvalue weighted by Crippen LogP contribution is 2.59. The second-order valence-corrected chi connectivity index (χ2v) is 9.99. The highest BCUT2D eigenvalue weighted by molar-refractivity contribution is 5.91. The summed E-state index contributed by atoms with van der Waals surface area (Å²) in [5.74, 6) is -0.939. The average Bonchev–Trinajstić information content (AvgIpc) is 3.48. The molecule has 5 rings (SSSR count). The summed E-state index contributed by atoms with van der Waals surface area (Å²) >= 11 is 0. The van der Waals surface area contributed by atoms with Gasteiger partial charge in [-0.05, 0) is 37.0 Å². The molecule has 2 N–H and O–H groups in total. The minimum Gasteiger partial charge on any atom is -0.480 e. The molecule has 1 aromatic carbocycles. The lowest BCUT2D eigenvalue weighted by Gasteiger charge is -2.14. The number of carbonyl (C=O) groups excluding carboxylic acids is 1. The molecule has 1 aliphatic carbocycles. The zero-order valence-corrected chi connectivity index (χ0v) is 22.1. The van der Waals surface area contributed by atoms with E-state index in [1.54, 1.807) is 36.3 Å². The van der Waals surface area contributed by atoms with Crippen LogP contribution in [0.3, 0.4) is 0 Å². The molecule has 1 saturated carbocycles. The Morgan fingerprint density at radius 3 is 2.54 bits per heavy atom. The summed E-state index contributed by atoms with van der Waals surface area (Å²) in [6.45, 7) is 1.96. The second-order valence-electron chi connectivity index (χ2n) is 9.99. The van der Waals surface area contributed by atoms with Crippen LogP contribution in [-0.4, -0.2) is 55.3 Å². The Hall–Kier alpha value is -4.33. The Balaban J connectivity index is 1.21. The summed E-state index contributed by atoms with van der Waals surface area (Å²) in [5.41, 5.74) is -0.188. The maximum Gasteiger partial charge on any atom is 0.401 e. The number of rotatable bonds is 10. The van der Waals surface area contributed by atoms with Gasteiger partial charge >= 0.3 is 6.18 Å². The molecule has 3 aromatic heterocycles. The second kappa shape index (κ2) is 10.9. The monoisotopic (exact) mass is 574 g/mol. The van der Waals surface area contributed by atoms with E-state index in [0.29, 0.717) is 35.8 Å². The molecule has 14 heteroatoms. The number of benzene rings is 1. The van der Waals surface area contributed by atoms with Crippen molar-refractivity contribution in [3.63, 3.8) is 0 Å². The lowest BCUT2D eigenvalue weighted by Crippen LogP contribution is -2.28. The van der Waals surface area contributed by atoms with Crippen LogP contribution in [0, 0.1) is 5.82 Å². The van der Waals surface area contributed by atoms with Crippen LogP contribution < -0.4 is 10.1 Å². The molecule has 0 aliphatic heterocycles. The van der Waals surface area contributed by atoms with Gasteiger partial charge in [-0.2, -0.15) is 13.2 Å². The fourth-order valence-corrected chi connectivity index (χ4v) is 4.45. The van der Waals surface area contributed by atoms with Gasteiger partial charge in [0.15, 0.2) is 11.6 Å². The first-order chi connectivity index (χ1) is 19.5. The molecule has 1 aliphatic rings. The Morgan fingerprint density at radius 1 is 1.20 bits per heavy atom. The molecule has 10 nitrogen and oxygen atoms in total. The van der Waals surface area contributed by atoms with Crippen molar-refractivity contribution in [1.29, 1.82) is 0 Å². The SMILES string of the molecule is COc1nn(C[C@@H](C)O)cc1Cc1ncc(-c2ccc(CC(=O)Nc3cc(C4(C(F)(F)F)CC4)on3)c(F)c2)cn1. The Kier molecular flexibility index (Phi) is 7.51. The van der Waals surface area contributed by atoms with Gasteiger partial charge in [0.25, 0.3) is 0 Å². The minimum absolute atomic E-state index is 0.0859. The molecule has 0 radical (unpaired) electrons. The van der Waals surface area contributed by atoms with Crippen LogP contribution in [-0.2, 0) is 29.6 Å². The number of nitrogens with zero attached hydrogens (tertiary/aromatic N) is 5. The Bertz CT molecular complexity index is 1540. The van der Waals surface area contributed by atoms with Gasteiger partial charge in [-0.3, -0.25) is 9.48 Å². The number of carbonyl (C=O) groups is 1. The topological polar surface area (TPSA) is 128 Å². The van der Waals surface area contributed by atoms with Crippen molar-refractivity contribution >= 4 is 11.7 Å². The van der Waals surface area contributed by atoms with Crippen LogP contribution in [0.25, 0.3) is 11.1 Å². The number of nitrogens with one attached hydrogen (secondary N) is 1. The zero-order valence-electron chi connectivity index (χ0n) is 22.1. The fourth-order valence-electron chi connectivity index (χ4n) is 4.45. The number of ether oxygens (including phenoxy) is 1. The van der Waals surface area contributed by atoms with E-state index in [4.69, 9.17) is 9.26 Å². The molecule has 0 bridgehead atoms. The van der Waals surface area contributed by atoms with E-state index in [0.717, 1.165) is 11.6 Å². The van der Waals surface area contributed by atoms with Crippen LogP contribution in [0.1, 0.15) is 42.5 Å². The van der Waals surface area contributed by atoms with Gasteiger partial charge in [-0.25, -0.2) is 14.4 Å². The van der Waals surface area contributed by atoms with E-state index in [9.17, 15) is 27.5 Å². The predicted octanol–water partition coefficient (Wildman–Crippen LogP) is 4.22. The fraction of sp³-hybridized carbons (Fsp3) is 0.370. The summed E-state index contributed by atoms with van der Waals surface area (Å²) in [7, 11) is 1.50. The molecule has 4 aromatic rings. The number of aromatic nitrogens is 5. The van der Waals surface area contributed by atoms with E-state index in [1.807, 2.05) is 0 Å². The van der Waals surface area contributed by atoms with Crippen molar-refractivity contribution in [3.8, 4) is 17.0 Å². The van der Waals surface area contributed by atoms with Crippen molar-refractivity contribution in [2.75, 3.05) is 12.4 Å². The average molecular weight is 575 g/mol. The maximum absolute atomic E-state index is 14.9. The van der Waals surface area contributed by atoms with Crippen LogP contribution in [0.2, 0.25) is 0 Å². The van der Waals surface area contributed by atoms with Gasteiger partial charge in [0.05, 0.1) is 26.2 Å². The van der Waals surface area contributed by atoms with Crippen molar-refractivity contribution < 1.29 is 36.7 Å². The molecule has 1 amide bonds. The standard InChI is InChI=1S/C27H26F4N6O4/c1-15(38)13-37-14-18(25(35-37)40-2)8-22-32-11-19(12-33-22)16-3-4-17(20(28)7-16)9-24(39)34-23-10-21(41-36-23)26(5-6-26)27(29,30)31/h3-4,7,10-12,14-15,38H,5-6,8-9,13H2,1-2H3,(H,34,36,39)/t15-/m1/s1. The van der Waals surface area contributed by atoms with E-state index in [1.165, 1.54) is 19.2 Å². The summed E-state index contributed by atoms with van der Waals surface area (Å²) in [6, 6.07) is 5.36. The van der Waals surface area contributed by atoms with Crippen molar-refractivity contribution in [3.05, 3.63) is 71.4 Å². The quantitative estimate of drug-likeness (QED) is 0.270. The number of aliphatic hydroxyl groups is 1. The molecular weight excluding hydrogens is 548 g/mol. The van der Waals surface area contributed by atoms with Crippen molar-refractivity contribution in [1.82, 2.24) is 24.9 Å². The number of halogens is 4. The lowest BCUT2D eigenvalue weighted by atomic mass is 10.0. The summed E-state index contributed by atoms with van der Waals surface area (Å²) < 4.78 is 66.4. The molecule has 216 valence electrons. The van der Waals surface area contributed by atoms with Crippen molar-refractivity contribution in [2.24, 2.45) is 0 Å². The van der Waals surface area contributed by atoms with Gasteiger partial charge < -0.3 is 19.7 Å². The molecule has 0 saturated heterocycles. The molecule has 1 atom stereocenters. The predicted molar refractivity (Wildman–Crippen MR) is 136 cm³/mol. The van der Waals surface area contributed by atoms with E-state index < -0.39 is 29.4 Å². The summed E-state index contributed by atoms with van der Waals surface area (Å²) in [5, 5.41) is 19.7. The first-order valence-corrected chi connectivity index (χ1v) is 12.7. The maximum atomic E-state index is 14.9. The van der Waals surface area contributed by atoms with Crippen LogP contribution in [0.4, 0.5) is 23.4 Å². The normalized spacial score (nSPS) is 15.0. The Labute approximate surface area is 231 Å². The van der Waals surface area contributed by atoms with Gasteiger partial charge in [0.1, 0.15) is 17.1 Å². The number of anilines is 1. The number of methoxy groups -OCH3 is 1. The third-order valence-corrected chi connectivity index (χ3v) is 6.78. The third kappa shape index (κ3) is 6.06. The highest BCUT2D eigenvalue weighted by Gasteiger charge is 2.66. The number of aliphatic hydroxyl groups excluding tert-OH is 1. The third-order valence-electron chi connectivity index (χ3n) is 6.78. The van der Waals surface area contributed by atoms with Crippen molar-refractivity contribution in [2.45, 2.75) is 56.8 Å². The molecule has 41 heavy (non-hydrogen) atoms. The van der Waals surface area contributed by atoms with Gasteiger partial charge in [-0.15, -0.1) is 5.10 Å². The van der Waals surface area contributed by atoms with Crippen LogP contribution in [0.15, 0.2) is 47.4 Å². The number of hydrogen-bond donors (Lipinski definition) is 2. The summed E-state index contributed by atoms with van der Waals surface area (Å²) in [4.78, 5) is 21.1. The van der Waals surface area contributed by atoms with E-state index >= 15 is 0 Å². The van der Waals surface area contributed by atoms with Crippen LogP contribution >= 0.6 is 0 Å². The van der Waals surface area contributed by atoms with Gasteiger partial charge in [0, 0.05) is 42.2 Å². The minimum atomic E-state index is -4.47. The first-order valence-electron chi connectivity index (χ1n) is 12.7. The molecule has 0 unspecified atom stereocenters. The van der Waals surface area contributed by atoms with Gasteiger partial charge in [-0.1, -0.05) is 17.3 Å².